The summed E-state index contributed by atoms with van der Waals surface area (Å²) in [6, 6.07) is 14.2. The van der Waals surface area contributed by atoms with Crippen LogP contribution in [0, 0.1) is 5.82 Å². The van der Waals surface area contributed by atoms with Crippen molar-refractivity contribution in [3.63, 3.8) is 0 Å². The van der Waals surface area contributed by atoms with E-state index in [1.54, 1.807) is 36.4 Å². The summed E-state index contributed by atoms with van der Waals surface area (Å²) in [6.07, 6.45) is 5.60. The first-order chi connectivity index (χ1) is 14.4. The fourth-order valence-electron chi connectivity index (χ4n) is 3.97. The van der Waals surface area contributed by atoms with Gasteiger partial charge in [0.1, 0.15) is 11.5 Å². The summed E-state index contributed by atoms with van der Waals surface area (Å²) in [4.78, 5) is 13.5. The number of sulfone groups is 1. The number of hydrogen-bond donors (Lipinski definition) is 1. The van der Waals surface area contributed by atoms with Crippen LogP contribution >= 0.6 is 0 Å². The minimum absolute atomic E-state index is 0.143. The first-order valence-corrected chi connectivity index (χ1v) is 11.3. The third kappa shape index (κ3) is 3.52. The molecule has 1 amide bonds. The number of benzene rings is 2. The van der Waals surface area contributed by atoms with Crippen molar-refractivity contribution in [1.29, 1.82) is 0 Å². The number of rotatable bonds is 5. The molecule has 4 rings (SSSR count). The highest BCUT2D eigenvalue weighted by atomic mass is 32.2. The standard InChI is InChI=1S/C22H22FN3O3S/c23-19-11-5-6-12-20(19)26-16-17(15-24-26)25-21(27)22(13-7-2-8-14-22)30(28,29)18-9-3-1-4-10-18/h1,3-6,9-12,15-16H,2,7-8,13-14H2,(H,25,27). The van der Waals surface area contributed by atoms with E-state index < -0.39 is 26.3 Å². The molecule has 1 heterocycles. The largest absolute Gasteiger partial charge is 0.322 e. The maximum absolute atomic E-state index is 14.0. The number of para-hydroxylation sites is 1. The summed E-state index contributed by atoms with van der Waals surface area (Å²) in [5.41, 5.74) is 0.554. The van der Waals surface area contributed by atoms with Gasteiger partial charge in [-0.3, -0.25) is 4.79 Å². The topological polar surface area (TPSA) is 81.1 Å². The van der Waals surface area contributed by atoms with Crippen LogP contribution in [0.25, 0.3) is 5.69 Å². The Labute approximate surface area is 174 Å². The van der Waals surface area contributed by atoms with Crippen molar-refractivity contribution in [2.24, 2.45) is 0 Å². The SMILES string of the molecule is O=C(Nc1cnn(-c2ccccc2F)c1)C1(S(=O)(=O)c2ccccc2)CCCCC1. The molecule has 1 saturated carbocycles. The van der Waals surface area contributed by atoms with E-state index in [0.717, 1.165) is 6.42 Å². The van der Waals surface area contributed by atoms with E-state index in [0.29, 0.717) is 18.5 Å². The van der Waals surface area contributed by atoms with Crippen LogP contribution in [0.5, 0.6) is 0 Å². The van der Waals surface area contributed by atoms with E-state index in [-0.39, 0.29) is 23.4 Å². The molecular formula is C22H22FN3O3S. The number of hydrogen-bond acceptors (Lipinski definition) is 4. The highest BCUT2D eigenvalue weighted by Gasteiger charge is 2.51. The van der Waals surface area contributed by atoms with Crippen molar-refractivity contribution in [1.82, 2.24) is 9.78 Å². The number of carbonyl (C=O) groups is 1. The number of halogens is 1. The van der Waals surface area contributed by atoms with Gasteiger partial charge in [-0.2, -0.15) is 5.10 Å². The van der Waals surface area contributed by atoms with Gasteiger partial charge in [-0.25, -0.2) is 17.5 Å². The molecule has 0 saturated heterocycles. The van der Waals surface area contributed by atoms with Gasteiger partial charge >= 0.3 is 0 Å². The van der Waals surface area contributed by atoms with Crippen molar-refractivity contribution in [3.05, 3.63) is 72.8 Å². The molecule has 3 aromatic rings. The molecule has 1 aliphatic rings. The second-order valence-corrected chi connectivity index (χ2v) is 9.71. The predicted molar refractivity (Wildman–Crippen MR) is 112 cm³/mol. The lowest BCUT2D eigenvalue weighted by atomic mass is 9.87. The number of nitrogens with one attached hydrogen (secondary N) is 1. The van der Waals surface area contributed by atoms with Crippen LogP contribution in [-0.4, -0.2) is 28.9 Å². The molecule has 1 aromatic heterocycles. The molecule has 6 nitrogen and oxygen atoms in total. The van der Waals surface area contributed by atoms with Crippen LogP contribution in [0.4, 0.5) is 10.1 Å². The average Bonchev–Trinajstić information content (AvgIpc) is 3.23. The third-order valence-corrected chi connectivity index (χ3v) is 8.10. The maximum Gasteiger partial charge on any atom is 0.246 e. The van der Waals surface area contributed by atoms with Gasteiger partial charge in [-0.15, -0.1) is 0 Å². The Kier molecular flexibility index (Phi) is 5.42. The molecule has 1 aliphatic carbocycles. The number of anilines is 1. The maximum atomic E-state index is 14.0. The molecule has 0 unspecified atom stereocenters. The van der Waals surface area contributed by atoms with E-state index in [1.165, 1.54) is 35.3 Å². The van der Waals surface area contributed by atoms with Crippen molar-refractivity contribution >= 4 is 21.4 Å². The fourth-order valence-corrected chi connectivity index (χ4v) is 6.06. The zero-order valence-electron chi connectivity index (χ0n) is 16.3. The minimum Gasteiger partial charge on any atom is -0.322 e. The highest BCUT2D eigenvalue weighted by Crippen LogP contribution is 2.40. The summed E-state index contributed by atoms with van der Waals surface area (Å²) in [7, 11) is -3.89. The summed E-state index contributed by atoms with van der Waals surface area (Å²) in [5, 5.41) is 6.82. The van der Waals surface area contributed by atoms with Crippen LogP contribution in [0.1, 0.15) is 32.1 Å². The summed E-state index contributed by atoms with van der Waals surface area (Å²) >= 11 is 0. The molecule has 30 heavy (non-hydrogen) atoms. The van der Waals surface area contributed by atoms with E-state index in [9.17, 15) is 17.6 Å². The molecule has 0 spiro atoms. The van der Waals surface area contributed by atoms with Gasteiger partial charge in [0.15, 0.2) is 14.6 Å². The molecule has 1 N–H and O–H groups in total. The molecule has 156 valence electrons. The van der Waals surface area contributed by atoms with Gasteiger partial charge < -0.3 is 5.32 Å². The molecule has 8 heteroatoms. The van der Waals surface area contributed by atoms with Crippen molar-refractivity contribution < 1.29 is 17.6 Å². The van der Waals surface area contributed by atoms with Gasteiger partial charge in [-0.1, -0.05) is 49.6 Å². The Bertz CT molecular complexity index is 1150. The van der Waals surface area contributed by atoms with Crippen LogP contribution in [0.15, 0.2) is 71.9 Å². The van der Waals surface area contributed by atoms with Crippen LogP contribution in [0.3, 0.4) is 0 Å². The quantitative estimate of drug-likeness (QED) is 0.664. The van der Waals surface area contributed by atoms with E-state index in [2.05, 4.69) is 10.4 Å². The van der Waals surface area contributed by atoms with E-state index >= 15 is 0 Å². The van der Waals surface area contributed by atoms with E-state index in [4.69, 9.17) is 0 Å². The zero-order chi connectivity index (χ0) is 21.2. The number of nitrogens with zero attached hydrogens (tertiary/aromatic N) is 2. The summed E-state index contributed by atoms with van der Waals surface area (Å²) in [5.74, 6) is -1.02. The summed E-state index contributed by atoms with van der Waals surface area (Å²) < 4.78 is 40.8. The normalized spacial score (nSPS) is 16.2. The van der Waals surface area contributed by atoms with E-state index in [1.807, 2.05) is 0 Å². The monoisotopic (exact) mass is 427 g/mol. The number of amides is 1. The summed E-state index contributed by atoms with van der Waals surface area (Å²) in [6.45, 7) is 0. The predicted octanol–water partition coefficient (Wildman–Crippen LogP) is 4.13. The van der Waals surface area contributed by atoms with Crippen molar-refractivity contribution in [3.8, 4) is 5.69 Å². The highest BCUT2D eigenvalue weighted by molar-refractivity contribution is 7.93. The Morgan fingerprint density at radius 2 is 1.67 bits per heavy atom. The lowest BCUT2D eigenvalue weighted by Gasteiger charge is -2.35. The minimum atomic E-state index is -3.89. The zero-order valence-corrected chi connectivity index (χ0v) is 17.1. The molecule has 2 aromatic carbocycles. The Balaban J connectivity index is 1.65. The van der Waals surface area contributed by atoms with Crippen molar-refractivity contribution in [2.45, 2.75) is 41.7 Å². The Hall–Kier alpha value is -3.00. The number of carbonyl (C=O) groups excluding carboxylic acids is 1. The van der Waals surface area contributed by atoms with Crippen LogP contribution < -0.4 is 5.32 Å². The fraction of sp³-hybridized carbons (Fsp3) is 0.273. The average molecular weight is 428 g/mol. The molecule has 0 aliphatic heterocycles. The lowest BCUT2D eigenvalue weighted by molar-refractivity contribution is -0.119. The Morgan fingerprint density at radius 1 is 1.00 bits per heavy atom. The van der Waals surface area contributed by atoms with Crippen molar-refractivity contribution in [2.75, 3.05) is 5.32 Å². The van der Waals surface area contributed by atoms with Gasteiger partial charge in [0.25, 0.3) is 0 Å². The van der Waals surface area contributed by atoms with Crippen LogP contribution in [0.2, 0.25) is 0 Å². The molecule has 0 radical (unpaired) electrons. The second-order valence-electron chi connectivity index (χ2n) is 7.45. The molecule has 1 fully saturated rings. The lowest BCUT2D eigenvalue weighted by Crippen LogP contribution is -2.51. The molecule has 0 atom stereocenters. The smallest absolute Gasteiger partial charge is 0.246 e. The van der Waals surface area contributed by atoms with Gasteiger partial charge in [0, 0.05) is 0 Å². The Morgan fingerprint density at radius 3 is 2.37 bits per heavy atom. The third-order valence-electron chi connectivity index (χ3n) is 5.58. The number of aromatic nitrogens is 2. The first kappa shape index (κ1) is 20.3. The van der Waals surface area contributed by atoms with Gasteiger partial charge in [0.05, 0.1) is 23.0 Å². The van der Waals surface area contributed by atoms with Gasteiger partial charge in [-0.05, 0) is 37.1 Å². The molecule has 0 bridgehead atoms. The molecular weight excluding hydrogens is 405 g/mol. The van der Waals surface area contributed by atoms with Crippen LogP contribution in [-0.2, 0) is 14.6 Å². The van der Waals surface area contributed by atoms with Gasteiger partial charge in [0.2, 0.25) is 5.91 Å². The first-order valence-electron chi connectivity index (χ1n) is 9.85. The second kappa shape index (κ2) is 8.02.